The molecule has 0 heterocycles. The van der Waals surface area contributed by atoms with E-state index in [0.29, 0.717) is 0 Å². The van der Waals surface area contributed by atoms with Crippen molar-refractivity contribution in [2.24, 2.45) is 0 Å². The summed E-state index contributed by atoms with van der Waals surface area (Å²) in [5, 5.41) is 19.1. The van der Waals surface area contributed by atoms with Gasteiger partial charge in [-0.1, -0.05) is 48.5 Å². The van der Waals surface area contributed by atoms with E-state index in [4.69, 9.17) is 0 Å². The van der Waals surface area contributed by atoms with Gasteiger partial charge in [-0.3, -0.25) is 0 Å². The third kappa shape index (κ3) is 1.73. The molecule has 0 aliphatic rings. The quantitative estimate of drug-likeness (QED) is 0.248. The molecular formula is C30H16. The summed E-state index contributed by atoms with van der Waals surface area (Å²) in [6.45, 7) is 0. The fourth-order valence-corrected chi connectivity index (χ4v) is 5.49. The molecule has 0 aliphatic heterocycles. The minimum absolute atomic E-state index is 1.32. The van der Waals surface area contributed by atoms with Gasteiger partial charge in [0.25, 0.3) is 0 Å². The van der Waals surface area contributed by atoms with Crippen molar-refractivity contribution >= 4 is 75.4 Å². The van der Waals surface area contributed by atoms with Crippen LogP contribution >= 0.6 is 0 Å². The van der Waals surface area contributed by atoms with Crippen LogP contribution in [-0.4, -0.2) is 0 Å². The van der Waals surface area contributed by atoms with Gasteiger partial charge < -0.3 is 0 Å². The molecule has 8 aromatic carbocycles. The Kier molecular flexibility index (Phi) is 2.49. The molecule has 8 rings (SSSR count). The van der Waals surface area contributed by atoms with Gasteiger partial charge in [-0.25, -0.2) is 0 Å². The smallest absolute Gasteiger partial charge is 0.00923 e. The first-order valence-corrected chi connectivity index (χ1v) is 10.5. The van der Waals surface area contributed by atoms with Crippen LogP contribution in [0.2, 0.25) is 0 Å². The van der Waals surface area contributed by atoms with Crippen molar-refractivity contribution in [3.8, 4) is 0 Å². The van der Waals surface area contributed by atoms with Gasteiger partial charge in [0.05, 0.1) is 0 Å². The molecule has 0 N–H and O–H groups in total. The molecule has 0 saturated heterocycles. The normalized spacial score (nSPS) is 12.7. The Labute approximate surface area is 172 Å². The highest BCUT2D eigenvalue weighted by Crippen LogP contribution is 2.44. The van der Waals surface area contributed by atoms with E-state index in [0.717, 1.165) is 0 Å². The highest BCUT2D eigenvalue weighted by Gasteiger charge is 2.15. The fraction of sp³-hybridized carbons (Fsp3) is 0. The molecule has 30 heavy (non-hydrogen) atoms. The summed E-state index contributed by atoms with van der Waals surface area (Å²) in [6.07, 6.45) is 0. The van der Waals surface area contributed by atoms with E-state index in [1.165, 1.54) is 75.4 Å². The van der Waals surface area contributed by atoms with E-state index in [2.05, 4.69) is 97.1 Å². The standard InChI is InChI=1S/C30H16/c1-2-6-18-10-24-23(9-17(18)5-1)27-13-21-15-29-25-11-19-7-3-4-8-20(19)12-26(25)30(29)16-22(21)14-28(24)27/h1-16H. The number of rotatable bonds is 0. The molecule has 0 radical (unpaired) electrons. The van der Waals surface area contributed by atoms with Crippen molar-refractivity contribution in [1.29, 1.82) is 0 Å². The SMILES string of the molecule is c1ccc2cc3c(cc2c1)c1cc2cc4c5cc6ccccc6cc5c4cc2cc31. The molecule has 0 aromatic heterocycles. The van der Waals surface area contributed by atoms with Crippen LogP contribution in [-0.2, 0) is 0 Å². The summed E-state index contributed by atoms with van der Waals surface area (Å²) in [5.74, 6) is 0. The lowest BCUT2D eigenvalue weighted by Gasteiger charge is -2.17. The predicted molar refractivity (Wildman–Crippen MR) is 131 cm³/mol. The van der Waals surface area contributed by atoms with Crippen LogP contribution in [0, 0.1) is 0 Å². The number of benzene rings is 6. The number of fused-ring (bicyclic) bond motifs is 11. The zero-order valence-electron chi connectivity index (χ0n) is 16.2. The van der Waals surface area contributed by atoms with Gasteiger partial charge >= 0.3 is 0 Å². The predicted octanol–water partition coefficient (Wildman–Crippen LogP) is 8.63. The monoisotopic (exact) mass is 376 g/mol. The van der Waals surface area contributed by atoms with E-state index in [9.17, 15) is 0 Å². The molecule has 0 fully saturated rings. The van der Waals surface area contributed by atoms with Gasteiger partial charge in [0.1, 0.15) is 0 Å². The van der Waals surface area contributed by atoms with Crippen molar-refractivity contribution < 1.29 is 0 Å². The topological polar surface area (TPSA) is 0 Å². The second kappa shape index (κ2) is 4.98. The second-order valence-electron chi connectivity index (χ2n) is 8.63. The molecule has 0 nitrogen and oxygen atoms in total. The minimum atomic E-state index is 1.32. The summed E-state index contributed by atoms with van der Waals surface area (Å²) in [6, 6.07) is 36.3. The Bertz CT molecular complexity index is 1660. The Hall–Kier alpha value is -3.90. The molecule has 0 saturated carbocycles. The van der Waals surface area contributed by atoms with Gasteiger partial charge in [0.2, 0.25) is 0 Å². The summed E-state index contributed by atoms with van der Waals surface area (Å²) in [7, 11) is 0. The highest BCUT2D eigenvalue weighted by atomic mass is 14.2. The maximum absolute atomic E-state index is 2.39. The third-order valence-electron chi connectivity index (χ3n) is 7.05. The maximum Gasteiger partial charge on any atom is -0.00923 e. The molecule has 0 aliphatic carbocycles. The molecule has 136 valence electrons. The van der Waals surface area contributed by atoms with Gasteiger partial charge in [-0.05, 0) is 124 Å². The Morgan fingerprint density at radius 1 is 0.233 bits per heavy atom. The van der Waals surface area contributed by atoms with Crippen molar-refractivity contribution in [2.45, 2.75) is 0 Å². The fourth-order valence-electron chi connectivity index (χ4n) is 5.49. The lowest BCUT2D eigenvalue weighted by molar-refractivity contribution is 1.79. The van der Waals surface area contributed by atoms with Gasteiger partial charge in [-0.2, -0.15) is 0 Å². The summed E-state index contributed by atoms with van der Waals surface area (Å²) in [5.41, 5.74) is 0. The summed E-state index contributed by atoms with van der Waals surface area (Å²) >= 11 is 0. The van der Waals surface area contributed by atoms with Crippen LogP contribution in [0.3, 0.4) is 0 Å². The average molecular weight is 376 g/mol. The van der Waals surface area contributed by atoms with Crippen molar-refractivity contribution in [2.75, 3.05) is 0 Å². The van der Waals surface area contributed by atoms with Crippen LogP contribution in [0.5, 0.6) is 0 Å². The summed E-state index contributed by atoms with van der Waals surface area (Å²) < 4.78 is 0. The zero-order valence-corrected chi connectivity index (χ0v) is 16.2. The van der Waals surface area contributed by atoms with Crippen LogP contribution in [0.1, 0.15) is 0 Å². The summed E-state index contributed by atoms with van der Waals surface area (Å²) in [4.78, 5) is 0. The van der Waals surface area contributed by atoms with Crippen LogP contribution in [0.15, 0.2) is 97.1 Å². The average Bonchev–Trinajstić information content (AvgIpc) is 2.80. The Balaban J connectivity index is 1.46. The second-order valence-corrected chi connectivity index (χ2v) is 8.63. The van der Waals surface area contributed by atoms with Crippen molar-refractivity contribution in [3.63, 3.8) is 0 Å². The van der Waals surface area contributed by atoms with Gasteiger partial charge in [0.15, 0.2) is 0 Å². The zero-order chi connectivity index (χ0) is 19.4. The Morgan fingerprint density at radius 2 is 0.433 bits per heavy atom. The number of hydrogen-bond donors (Lipinski definition) is 0. The van der Waals surface area contributed by atoms with E-state index in [-0.39, 0.29) is 0 Å². The van der Waals surface area contributed by atoms with E-state index in [1.54, 1.807) is 0 Å². The number of hydrogen-bond acceptors (Lipinski definition) is 0. The molecule has 0 unspecified atom stereocenters. The lowest BCUT2D eigenvalue weighted by Crippen LogP contribution is -1.89. The molecule has 0 amide bonds. The van der Waals surface area contributed by atoms with Crippen LogP contribution in [0.25, 0.3) is 75.4 Å². The first-order valence-electron chi connectivity index (χ1n) is 10.5. The molecule has 0 bridgehead atoms. The Morgan fingerprint density at radius 3 is 0.667 bits per heavy atom. The van der Waals surface area contributed by atoms with E-state index < -0.39 is 0 Å². The third-order valence-corrected chi connectivity index (χ3v) is 7.05. The minimum Gasteiger partial charge on any atom is -0.0616 e. The maximum atomic E-state index is 2.39. The molecule has 0 atom stereocenters. The first-order chi connectivity index (χ1) is 14.8. The van der Waals surface area contributed by atoms with E-state index >= 15 is 0 Å². The van der Waals surface area contributed by atoms with Crippen molar-refractivity contribution in [1.82, 2.24) is 0 Å². The van der Waals surface area contributed by atoms with Gasteiger partial charge in [0, 0.05) is 0 Å². The molecular weight excluding hydrogens is 360 g/mol. The molecule has 8 aromatic rings. The van der Waals surface area contributed by atoms with Crippen molar-refractivity contribution in [3.05, 3.63) is 97.1 Å². The van der Waals surface area contributed by atoms with Gasteiger partial charge in [-0.15, -0.1) is 0 Å². The van der Waals surface area contributed by atoms with E-state index in [1.807, 2.05) is 0 Å². The molecule has 0 heteroatoms. The largest absolute Gasteiger partial charge is 0.0616 e. The molecule has 0 spiro atoms. The lowest BCUT2D eigenvalue weighted by atomic mass is 9.86. The highest BCUT2D eigenvalue weighted by molar-refractivity contribution is 6.33. The van der Waals surface area contributed by atoms with Crippen LogP contribution < -0.4 is 0 Å². The van der Waals surface area contributed by atoms with Crippen LogP contribution in [0.4, 0.5) is 0 Å². The first kappa shape index (κ1) is 15.0.